The number of hydrogen-bond acceptors (Lipinski definition) is 1. The fourth-order valence-electron chi connectivity index (χ4n) is 3.27. The van der Waals surface area contributed by atoms with E-state index in [-0.39, 0.29) is 0 Å². The third kappa shape index (κ3) is 1.88. The Morgan fingerprint density at radius 3 is 2.94 bits per heavy atom. The quantitative estimate of drug-likeness (QED) is 0.639. The topological polar surface area (TPSA) is 17.1 Å². The van der Waals surface area contributed by atoms with Crippen LogP contribution in [0.3, 0.4) is 0 Å². The number of hydrogen-bond donors (Lipinski definition) is 0. The Labute approximate surface area is 98.6 Å². The smallest absolute Gasteiger partial charge is 0.155 e. The number of fused-ring (bicyclic) bond motifs is 1. The summed E-state index contributed by atoms with van der Waals surface area (Å²) in [7, 11) is 0. The van der Waals surface area contributed by atoms with Crippen molar-refractivity contribution >= 4 is 5.78 Å². The largest absolute Gasteiger partial charge is 0.295 e. The molecule has 2 aliphatic rings. The maximum absolute atomic E-state index is 11.5. The summed E-state index contributed by atoms with van der Waals surface area (Å²) in [6.07, 6.45) is 9.67. The Morgan fingerprint density at radius 2 is 2.25 bits per heavy atom. The molecule has 0 N–H and O–H groups in total. The minimum Gasteiger partial charge on any atom is -0.295 e. The molecule has 0 heterocycles. The first-order valence-corrected chi connectivity index (χ1v) is 6.42. The molecule has 88 valence electrons. The predicted molar refractivity (Wildman–Crippen MR) is 67.2 cm³/mol. The number of allylic oxidation sites excluding steroid dienone is 4. The minimum absolute atomic E-state index is 0.325. The van der Waals surface area contributed by atoms with Crippen LogP contribution in [-0.4, -0.2) is 5.78 Å². The lowest BCUT2D eigenvalue weighted by Crippen LogP contribution is -2.29. The van der Waals surface area contributed by atoms with Gasteiger partial charge in [-0.25, -0.2) is 0 Å². The Morgan fingerprint density at radius 1 is 1.50 bits per heavy atom. The summed E-state index contributed by atoms with van der Waals surface area (Å²) in [6, 6.07) is 0. The molecular formula is C15H22O. The van der Waals surface area contributed by atoms with E-state index >= 15 is 0 Å². The van der Waals surface area contributed by atoms with Gasteiger partial charge in [-0.1, -0.05) is 24.1 Å². The molecule has 0 saturated heterocycles. The molecule has 2 aliphatic carbocycles. The van der Waals surface area contributed by atoms with Gasteiger partial charge in [0.25, 0.3) is 0 Å². The van der Waals surface area contributed by atoms with Crippen molar-refractivity contribution in [2.24, 2.45) is 11.3 Å². The fourth-order valence-corrected chi connectivity index (χ4v) is 3.27. The molecule has 0 radical (unpaired) electrons. The molecule has 1 fully saturated rings. The van der Waals surface area contributed by atoms with Crippen molar-refractivity contribution in [3.63, 3.8) is 0 Å². The zero-order valence-corrected chi connectivity index (χ0v) is 10.7. The van der Waals surface area contributed by atoms with Gasteiger partial charge in [-0.2, -0.15) is 0 Å². The monoisotopic (exact) mass is 218 g/mol. The first kappa shape index (κ1) is 11.6. The Bertz CT molecular complexity index is 358. The first-order valence-electron chi connectivity index (χ1n) is 6.42. The third-order valence-corrected chi connectivity index (χ3v) is 4.46. The van der Waals surface area contributed by atoms with Gasteiger partial charge in [-0.3, -0.25) is 4.79 Å². The SMILES string of the molecule is CC(C)=CC[C@]12CCC(=O)C=C1CC[C@@H]2C. The van der Waals surface area contributed by atoms with Crippen LogP contribution in [0, 0.1) is 11.3 Å². The molecule has 2 atom stereocenters. The van der Waals surface area contributed by atoms with Crippen molar-refractivity contribution in [1.29, 1.82) is 0 Å². The van der Waals surface area contributed by atoms with Crippen LogP contribution in [0.2, 0.25) is 0 Å². The zero-order valence-electron chi connectivity index (χ0n) is 10.7. The van der Waals surface area contributed by atoms with Crippen molar-refractivity contribution in [2.75, 3.05) is 0 Å². The summed E-state index contributed by atoms with van der Waals surface area (Å²) in [4.78, 5) is 11.5. The zero-order chi connectivity index (χ0) is 11.8. The van der Waals surface area contributed by atoms with Gasteiger partial charge in [0.1, 0.15) is 0 Å². The van der Waals surface area contributed by atoms with Crippen LogP contribution in [0.15, 0.2) is 23.3 Å². The lowest BCUT2D eigenvalue weighted by molar-refractivity contribution is -0.115. The molecule has 0 unspecified atom stereocenters. The summed E-state index contributed by atoms with van der Waals surface area (Å²) in [5, 5.41) is 0. The average Bonchev–Trinajstić information content (AvgIpc) is 2.54. The molecule has 0 aromatic carbocycles. The lowest BCUT2D eigenvalue weighted by atomic mass is 9.67. The number of rotatable bonds is 2. The van der Waals surface area contributed by atoms with Gasteiger partial charge in [-0.05, 0) is 56.9 Å². The number of carbonyl (C=O) groups is 1. The molecule has 0 aliphatic heterocycles. The van der Waals surface area contributed by atoms with Crippen LogP contribution >= 0.6 is 0 Å². The van der Waals surface area contributed by atoms with E-state index in [0.717, 1.165) is 31.6 Å². The highest BCUT2D eigenvalue weighted by Gasteiger charge is 2.45. The van der Waals surface area contributed by atoms with Gasteiger partial charge in [-0.15, -0.1) is 0 Å². The van der Waals surface area contributed by atoms with Crippen LogP contribution in [0.4, 0.5) is 0 Å². The second-order valence-corrected chi connectivity index (χ2v) is 5.72. The summed E-state index contributed by atoms with van der Waals surface area (Å²) in [6.45, 7) is 6.68. The van der Waals surface area contributed by atoms with Crippen LogP contribution in [0.25, 0.3) is 0 Å². The van der Waals surface area contributed by atoms with Crippen molar-refractivity contribution in [3.05, 3.63) is 23.3 Å². The van der Waals surface area contributed by atoms with E-state index in [1.54, 1.807) is 0 Å². The van der Waals surface area contributed by atoms with Gasteiger partial charge in [0.15, 0.2) is 5.78 Å². The van der Waals surface area contributed by atoms with Crippen molar-refractivity contribution in [1.82, 2.24) is 0 Å². The maximum atomic E-state index is 11.5. The number of ketones is 1. The molecule has 0 bridgehead atoms. The second-order valence-electron chi connectivity index (χ2n) is 5.72. The van der Waals surface area contributed by atoms with Gasteiger partial charge in [0, 0.05) is 6.42 Å². The molecule has 0 spiro atoms. The molecule has 0 aromatic heterocycles. The lowest BCUT2D eigenvalue weighted by Gasteiger charge is -2.37. The Balaban J connectivity index is 2.30. The van der Waals surface area contributed by atoms with Gasteiger partial charge in [0.05, 0.1) is 0 Å². The average molecular weight is 218 g/mol. The van der Waals surface area contributed by atoms with Crippen molar-refractivity contribution < 1.29 is 4.79 Å². The Hall–Kier alpha value is -0.850. The van der Waals surface area contributed by atoms with E-state index < -0.39 is 0 Å². The predicted octanol–water partition coefficient (Wildman–Crippen LogP) is 4.05. The molecule has 16 heavy (non-hydrogen) atoms. The van der Waals surface area contributed by atoms with E-state index in [9.17, 15) is 4.79 Å². The summed E-state index contributed by atoms with van der Waals surface area (Å²) < 4.78 is 0. The van der Waals surface area contributed by atoms with Crippen LogP contribution in [-0.2, 0) is 4.79 Å². The first-order chi connectivity index (χ1) is 7.54. The molecule has 1 saturated carbocycles. The van der Waals surface area contributed by atoms with Gasteiger partial charge >= 0.3 is 0 Å². The van der Waals surface area contributed by atoms with Crippen molar-refractivity contribution in [2.45, 2.75) is 52.9 Å². The van der Waals surface area contributed by atoms with E-state index in [1.807, 2.05) is 6.08 Å². The second kappa shape index (κ2) is 4.20. The van der Waals surface area contributed by atoms with Crippen LogP contribution < -0.4 is 0 Å². The van der Waals surface area contributed by atoms with E-state index in [0.29, 0.717) is 11.2 Å². The standard InChI is InChI=1S/C15H22O/c1-11(2)6-8-15-9-7-14(16)10-13(15)5-4-12(15)3/h6,10,12H,4-5,7-9H2,1-3H3/t12-,15+/m0/s1. The summed E-state index contributed by atoms with van der Waals surface area (Å²) in [5.74, 6) is 1.08. The molecule has 2 rings (SSSR count). The van der Waals surface area contributed by atoms with E-state index in [4.69, 9.17) is 0 Å². The normalized spacial score (nSPS) is 33.3. The van der Waals surface area contributed by atoms with E-state index in [2.05, 4.69) is 26.8 Å². The Kier molecular flexibility index (Phi) is 3.05. The van der Waals surface area contributed by atoms with Gasteiger partial charge < -0.3 is 0 Å². The molecule has 0 aromatic rings. The number of carbonyl (C=O) groups excluding carboxylic acids is 1. The summed E-state index contributed by atoms with van der Waals surface area (Å²) in [5.41, 5.74) is 3.16. The minimum atomic E-state index is 0.325. The third-order valence-electron chi connectivity index (χ3n) is 4.46. The fraction of sp³-hybridized carbons (Fsp3) is 0.667. The van der Waals surface area contributed by atoms with Gasteiger partial charge in [0.2, 0.25) is 0 Å². The highest BCUT2D eigenvalue weighted by molar-refractivity contribution is 5.91. The highest BCUT2D eigenvalue weighted by Crippen LogP contribution is 2.54. The van der Waals surface area contributed by atoms with E-state index in [1.165, 1.54) is 17.6 Å². The highest BCUT2D eigenvalue weighted by atomic mass is 16.1. The molecular weight excluding hydrogens is 196 g/mol. The molecule has 1 heteroatoms. The molecule has 1 nitrogen and oxygen atoms in total. The molecule has 0 amide bonds. The van der Waals surface area contributed by atoms with Crippen LogP contribution in [0.5, 0.6) is 0 Å². The maximum Gasteiger partial charge on any atom is 0.155 e. The van der Waals surface area contributed by atoms with Crippen LogP contribution in [0.1, 0.15) is 52.9 Å². The summed E-state index contributed by atoms with van der Waals surface area (Å²) >= 11 is 0. The van der Waals surface area contributed by atoms with Crippen molar-refractivity contribution in [3.8, 4) is 0 Å².